The fraction of sp³-hybridized carbons (Fsp3) is 0.643. The van der Waals surface area contributed by atoms with Crippen LogP contribution in [0.4, 0.5) is 4.79 Å². The highest BCUT2D eigenvalue weighted by Gasteiger charge is 2.22. The summed E-state index contributed by atoms with van der Waals surface area (Å²) >= 11 is 0. The number of nitrogens with one attached hydrogen (secondary N) is 1. The first kappa shape index (κ1) is 15.3. The molecule has 2 rings (SSSR count). The molecule has 7 nitrogen and oxygen atoms in total. The van der Waals surface area contributed by atoms with Gasteiger partial charge >= 0.3 is 6.03 Å². The van der Waals surface area contributed by atoms with E-state index in [1.807, 2.05) is 6.92 Å². The fourth-order valence-electron chi connectivity index (χ4n) is 2.32. The van der Waals surface area contributed by atoms with E-state index in [4.69, 9.17) is 11.2 Å². The molecule has 1 aromatic rings. The molecular weight excluding hydrogens is 270 g/mol. The van der Waals surface area contributed by atoms with Crippen molar-refractivity contribution in [3.05, 3.63) is 12.7 Å². The molecule has 7 heteroatoms. The number of aromatic nitrogens is 3. The third kappa shape index (κ3) is 4.76. The summed E-state index contributed by atoms with van der Waals surface area (Å²) in [5.74, 6) is 2.52. The average molecular weight is 291 g/mol. The molecule has 0 bridgehead atoms. The number of carbonyl (C=O) groups excluding carboxylic acids is 1. The van der Waals surface area contributed by atoms with Crippen LogP contribution in [-0.2, 0) is 11.3 Å². The van der Waals surface area contributed by atoms with Gasteiger partial charge in [0.2, 0.25) is 0 Å². The number of carbonyl (C=O) groups is 1. The molecule has 1 aliphatic heterocycles. The lowest BCUT2D eigenvalue weighted by atomic mass is 10.2. The lowest BCUT2D eigenvalue weighted by Crippen LogP contribution is -2.47. The molecule has 0 unspecified atom stereocenters. The number of hydrogen-bond donors (Lipinski definition) is 1. The number of hydrogen-bond acceptors (Lipinski definition) is 4. The summed E-state index contributed by atoms with van der Waals surface area (Å²) in [5.41, 5.74) is 0. The molecule has 2 atom stereocenters. The Morgan fingerprint density at radius 3 is 3.19 bits per heavy atom. The summed E-state index contributed by atoms with van der Waals surface area (Å²) < 4.78 is 7.23. The first-order valence-corrected chi connectivity index (χ1v) is 7.12. The topological polar surface area (TPSA) is 72.3 Å². The molecule has 0 aliphatic carbocycles. The number of nitrogens with zero attached hydrogens (tertiary/aromatic N) is 4. The van der Waals surface area contributed by atoms with Gasteiger partial charge in [0, 0.05) is 19.2 Å². The lowest BCUT2D eigenvalue weighted by Gasteiger charge is -2.25. The minimum absolute atomic E-state index is 0.0658. The molecule has 1 fully saturated rings. The molecule has 1 aliphatic rings. The van der Waals surface area contributed by atoms with E-state index < -0.39 is 0 Å². The van der Waals surface area contributed by atoms with E-state index in [2.05, 4.69) is 21.3 Å². The van der Waals surface area contributed by atoms with E-state index >= 15 is 0 Å². The quantitative estimate of drug-likeness (QED) is 0.774. The largest absolute Gasteiger partial charge is 0.376 e. The van der Waals surface area contributed by atoms with E-state index in [1.54, 1.807) is 15.9 Å². The molecule has 0 aromatic carbocycles. The second kappa shape index (κ2) is 7.64. The zero-order valence-corrected chi connectivity index (χ0v) is 12.2. The second-order valence-corrected chi connectivity index (χ2v) is 5.19. The van der Waals surface area contributed by atoms with Crippen molar-refractivity contribution >= 4 is 6.03 Å². The zero-order chi connectivity index (χ0) is 15.1. The van der Waals surface area contributed by atoms with E-state index in [9.17, 15) is 4.79 Å². The van der Waals surface area contributed by atoms with Gasteiger partial charge in [-0.2, -0.15) is 5.10 Å². The van der Waals surface area contributed by atoms with Crippen molar-refractivity contribution in [2.45, 2.75) is 38.5 Å². The predicted molar refractivity (Wildman–Crippen MR) is 77.4 cm³/mol. The predicted octanol–water partition coefficient (Wildman–Crippen LogP) is 0.490. The highest BCUT2D eigenvalue weighted by molar-refractivity contribution is 5.74. The van der Waals surface area contributed by atoms with Crippen molar-refractivity contribution < 1.29 is 9.53 Å². The molecule has 2 heterocycles. The molecule has 0 saturated carbocycles. The van der Waals surface area contributed by atoms with E-state index in [1.165, 1.54) is 6.33 Å². The molecule has 114 valence electrons. The van der Waals surface area contributed by atoms with Crippen molar-refractivity contribution in [1.29, 1.82) is 0 Å². The van der Waals surface area contributed by atoms with Crippen LogP contribution in [0.5, 0.6) is 0 Å². The van der Waals surface area contributed by atoms with Crippen molar-refractivity contribution in [2.75, 3.05) is 19.7 Å². The summed E-state index contributed by atoms with van der Waals surface area (Å²) in [5, 5.41) is 6.94. The van der Waals surface area contributed by atoms with E-state index in [0.29, 0.717) is 13.1 Å². The van der Waals surface area contributed by atoms with Gasteiger partial charge in [-0.3, -0.25) is 4.68 Å². The van der Waals surface area contributed by atoms with Gasteiger partial charge in [0.15, 0.2) is 0 Å². The lowest BCUT2D eigenvalue weighted by molar-refractivity contribution is 0.0840. The zero-order valence-electron chi connectivity index (χ0n) is 12.2. The first-order valence-electron chi connectivity index (χ1n) is 7.12. The van der Waals surface area contributed by atoms with Gasteiger partial charge in [0.25, 0.3) is 0 Å². The van der Waals surface area contributed by atoms with Gasteiger partial charge < -0.3 is 15.0 Å². The molecule has 1 aromatic heterocycles. The Hall–Kier alpha value is -2.07. The van der Waals surface area contributed by atoms with E-state index in [0.717, 1.165) is 19.4 Å². The number of terminal acetylenes is 1. The highest BCUT2D eigenvalue weighted by Crippen LogP contribution is 2.13. The van der Waals surface area contributed by atoms with Gasteiger partial charge in [0.05, 0.1) is 19.2 Å². The van der Waals surface area contributed by atoms with Crippen molar-refractivity contribution in [1.82, 2.24) is 25.0 Å². The average Bonchev–Trinajstić information content (AvgIpc) is 3.11. The van der Waals surface area contributed by atoms with Gasteiger partial charge in [-0.1, -0.05) is 5.92 Å². The Kier molecular flexibility index (Phi) is 5.58. The van der Waals surface area contributed by atoms with E-state index in [-0.39, 0.29) is 24.7 Å². The minimum Gasteiger partial charge on any atom is -0.376 e. The van der Waals surface area contributed by atoms with Crippen LogP contribution in [-0.4, -0.2) is 57.5 Å². The minimum atomic E-state index is -0.170. The molecule has 1 saturated heterocycles. The Labute approximate surface area is 124 Å². The summed E-state index contributed by atoms with van der Waals surface area (Å²) in [4.78, 5) is 17.8. The maximum absolute atomic E-state index is 12.3. The molecule has 0 spiro atoms. The molecule has 0 radical (unpaired) electrons. The van der Waals surface area contributed by atoms with Crippen LogP contribution in [0.25, 0.3) is 0 Å². The van der Waals surface area contributed by atoms with Crippen LogP contribution in [0.1, 0.15) is 19.8 Å². The summed E-state index contributed by atoms with van der Waals surface area (Å²) in [7, 11) is 0. The molecular formula is C14H21N5O2. The molecule has 1 N–H and O–H groups in total. The Balaban J connectivity index is 1.83. The van der Waals surface area contributed by atoms with Gasteiger partial charge in [-0.25, -0.2) is 9.78 Å². The summed E-state index contributed by atoms with van der Waals surface area (Å²) in [6, 6.07) is -0.236. The van der Waals surface area contributed by atoms with Crippen LogP contribution >= 0.6 is 0 Å². The van der Waals surface area contributed by atoms with Crippen molar-refractivity contribution in [2.24, 2.45) is 0 Å². The molecule has 21 heavy (non-hydrogen) atoms. The smallest absolute Gasteiger partial charge is 0.318 e. The standard InChI is InChI=1S/C14H21N5O2/c1-3-6-18(9-13-5-4-7-21-13)14(20)17-12(2)8-19-11-15-10-16-19/h1,10-13H,4-9H2,2H3,(H,17,20)/t12-,13-/m1/s1. The number of amides is 2. The number of ether oxygens (including phenoxy) is 1. The van der Waals surface area contributed by atoms with Crippen LogP contribution in [0, 0.1) is 12.3 Å². The fourth-order valence-corrected chi connectivity index (χ4v) is 2.32. The summed E-state index contributed by atoms with van der Waals surface area (Å²) in [6.07, 6.45) is 10.5. The van der Waals surface area contributed by atoms with Crippen molar-refractivity contribution in [3.63, 3.8) is 0 Å². The van der Waals surface area contributed by atoms with Crippen LogP contribution in [0.3, 0.4) is 0 Å². The maximum atomic E-state index is 12.3. The number of urea groups is 1. The SMILES string of the molecule is C#CCN(C[C@H]1CCCO1)C(=O)N[C@H](C)Cn1cncn1. The molecule has 2 amide bonds. The highest BCUT2D eigenvalue weighted by atomic mass is 16.5. The Morgan fingerprint density at radius 1 is 1.71 bits per heavy atom. The third-order valence-corrected chi connectivity index (χ3v) is 3.31. The Morgan fingerprint density at radius 2 is 2.57 bits per heavy atom. The Bertz CT molecular complexity index is 476. The second-order valence-electron chi connectivity index (χ2n) is 5.19. The van der Waals surface area contributed by atoms with Gasteiger partial charge in [-0.05, 0) is 19.8 Å². The number of rotatable bonds is 6. The van der Waals surface area contributed by atoms with Gasteiger partial charge in [0.1, 0.15) is 12.7 Å². The monoisotopic (exact) mass is 291 g/mol. The van der Waals surface area contributed by atoms with Crippen LogP contribution in [0.2, 0.25) is 0 Å². The maximum Gasteiger partial charge on any atom is 0.318 e. The third-order valence-electron chi connectivity index (χ3n) is 3.31. The first-order chi connectivity index (χ1) is 10.2. The summed E-state index contributed by atoms with van der Waals surface area (Å²) in [6.45, 7) is 4.06. The van der Waals surface area contributed by atoms with Crippen molar-refractivity contribution in [3.8, 4) is 12.3 Å². The van der Waals surface area contributed by atoms with Gasteiger partial charge in [-0.15, -0.1) is 6.42 Å². The van der Waals surface area contributed by atoms with Crippen LogP contribution in [0.15, 0.2) is 12.7 Å². The normalized spacial score (nSPS) is 19.0. The van der Waals surface area contributed by atoms with Crippen LogP contribution < -0.4 is 5.32 Å².